The van der Waals surface area contributed by atoms with Crippen LogP contribution in [-0.2, 0) is 11.3 Å². The zero-order valence-corrected chi connectivity index (χ0v) is 20.2. The summed E-state index contributed by atoms with van der Waals surface area (Å²) < 4.78 is 48.8. The molecule has 0 fully saturated rings. The molecule has 1 aromatic heterocycles. The fourth-order valence-corrected chi connectivity index (χ4v) is 4.23. The van der Waals surface area contributed by atoms with Crippen molar-refractivity contribution in [2.75, 3.05) is 5.32 Å². The number of para-hydroxylation sites is 1. The lowest BCUT2D eigenvalue weighted by Crippen LogP contribution is -2.26. The number of nitrogens with zero attached hydrogens (tertiary/aromatic N) is 3. The normalized spacial score (nSPS) is 13.1. The molecule has 0 aliphatic rings. The first-order chi connectivity index (χ1) is 16.2. The highest BCUT2D eigenvalue weighted by Crippen LogP contribution is 2.30. The number of carbonyl (C=O) groups excluding carboxylic acids is 1. The van der Waals surface area contributed by atoms with E-state index in [0.717, 1.165) is 6.07 Å². The van der Waals surface area contributed by atoms with Crippen molar-refractivity contribution in [3.8, 4) is 5.75 Å². The number of carbonyl (C=O) groups is 1. The molecule has 1 N–H and O–H groups in total. The molecule has 3 aromatic rings. The van der Waals surface area contributed by atoms with Crippen molar-refractivity contribution in [3.63, 3.8) is 0 Å². The van der Waals surface area contributed by atoms with Gasteiger partial charge in [-0.05, 0) is 43.5 Å². The molecule has 2 unspecified atom stereocenters. The monoisotopic (exact) mass is 492 g/mol. The van der Waals surface area contributed by atoms with Crippen LogP contribution in [0.3, 0.4) is 0 Å². The average molecular weight is 493 g/mol. The van der Waals surface area contributed by atoms with Gasteiger partial charge in [-0.1, -0.05) is 44.7 Å². The van der Waals surface area contributed by atoms with Gasteiger partial charge in [-0.25, -0.2) is 13.2 Å². The first-order valence-electron chi connectivity index (χ1n) is 11.0. The van der Waals surface area contributed by atoms with Crippen LogP contribution in [0.1, 0.15) is 46.0 Å². The maximum absolute atomic E-state index is 14.1. The summed E-state index contributed by atoms with van der Waals surface area (Å²) in [5.74, 6) is -1.65. The molecule has 182 valence electrons. The van der Waals surface area contributed by atoms with Crippen molar-refractivity contribution in [2.45, 2.75) is 57.2 Å². The maximum atomic E-state index is 14.1. The number of anilines is 1. The second kappa shape index (κ2) is 11.4. The Bertz CT molecular complexity index is 1140. The molecule has 0 bridgehead atoms. The summed E-state index contributed by atoms with van der Waals surface area (Å²) in [6.07, 6.45) is -0.163. The number of hydrogen-bond donors (Lipinski definition) is 1. The third-order valence-corrected chi connectivity index (χ3v) is 6.24. The van der Waals surface area contributed by atoms with Gasteiger partial charge in [-0.3, -0.25) is 4.79 Å². The number of rotatable bonds is 10. The Morgan fingerprint density at radius 2 is 1.82 bits per heavy atom. The predicted octanol–water partition coefficient (Wildman–Crippen LogP) is 6.00. The molecule has 0 saturated heterocycles. The minimum atomic E-state index is -0.849. The molecule has 3 rings (SSSR count). The summed E-state index contributed by atoms with van der Waals surface area (Å²) in [6, 6.07) is 9.09. The van der Waals surface area contributed by atoms with Crippen LogP contribution in [0.25, 0.3) is 0 Å². The molecule has 0 radical (unpaired) electrons. The minimum absolute atomic E-state index is 0.0957. The number of ether oxygens (including phenoxy) is 1. The lowest BCUT2D eigenvalue weighted by molar-refractivity contribution is -0.115. The average Bonchev–Trinajstić information content (AvgIpc) is 3.17. The fourth-order valence-electron chi connectivity index (χ4n) is 3.26. The summed E-state index contributed by atoms with van der Waals surface area (Å²) in [6.45, 7) is 8.19. The number of amides is 1. The Morgan fingerprint density at radius 1 is 1.09 bits per heavy atom. The number of nitrogens with one attached hydrogen (secondary N) is 1. The van der Waals surface area contributed by atoms with Crippen LogP contribution in [0.15, 0.2) is 47.6 Å². The van der Waals surface area contributed by atoms with Crippen molar-refractivity contribution in [3.05, 3.63) is 65.7 Å². The van der Waals surface area contributed by atoms with E-state index >= 15 is 0 Å². The fraction of sp³-hybridized carbons (Fsp3) is 0.375. The van der Waals surface area contributed by atoms with Gasteiger partial charge in [0.25, 0.3) is 0 Å². The molecule has 2 atom stereocenters. The van der Waals surface area contributed by atoms with Gasteiger partial charge in [0.05, 0.1) is 10.9 Å². The second-order valence-corrected chi connectivity index (χ2v) is 9.33. The highest BCUT2D eigenvalue weighted by atomic mass is 32.2. The Hall–Kier alpha value is -3.01. The van der Waals surface area contributed by atoms with Gasteiger partial charge in [0.15, 0.2) is 28.7 Å². The Balaban J connectivity index is 1.81. The van der Waals surface area contributed by atoms with E-state index in [2.05, 4.69) is 15.5 Å². The molecule has 1 heterocycles. The summed E-state index contributed by atoms with van der Waals surface area (Å²) in [5.41, 5.74) is -0.0957. The molecule has 0 aliphatic carbocycles. The smallest absolute Gasteiger partial charge is 0.238 e. The molecule has 0 aliphatic heterocycles. The van der Waals surface area contributed by atoms with Gasteiger partial charge in [0.2, 0.25) is 5.91 Å². The Kier molecular flexibility index (Phi) is 8.60. The second-order valence-electron chi connectivity index (χ2n) is 8.16. The molecule has 1 amide bonds. The van der Waals surface area contributed by atoms with Gasteiger partial charge in [0, 0.05) is 12.6 Å². The number of thioether (sulfide) groups is 1. The zero-order chi connectivity index (χ0) is 24.8. The van der Waals surface area contributed by atoms with Crippen LogP contribution in [-0.4, -0.2) is 25.9 Å². The van der Waals surface area contributed by atoms with E-state index in [1.165, 1.54) is 30.0 Å². The third-order valence-electron chi connectivity index (χ3n) is 4.90. The predicted molar refractivity (Wildman–Crippen MR) is 125 cm³/mol. The minimum Gasteiger partial charge on any atom is -0.480 e. The summed E-state index contributed by atoms with van der Waals surface area (Å²) in [5, 5.41) is 10.9. The molecule has 10 heteroatoms. The van der Waals surface area contributed by atoms with E-state index < -0.39 is 34.7 Å². The first kappa shape index (κ1) is 25.6. The van der Waals surface area contributed by atoms with Crippen molar-refractivity contribution >= 4 is 23.4 Å². The summed E-state index contributed by atoms with van der Waals surface area (Å²) in [7, 11) is 0. The van der Waals surface area contributed by atoms with E-state index in [4.69, 9.17) is 4.74 Å². The van der Waals surface area contributed by atoms with Gasteiger partial charge in [0.1, 0.15) is 11.6 Å². The van der Waals surface area contributed by atoms with Crippen LogP contribution >= 0.6 is 11.8 Å². The lowest BCUT2D eigenvalue weighted by Gasteiger charge is -2.19. The Morgan fingerprint density at radius 3 is 2.47 bits per heavy atom. The van der Waals surface area contributed by atoms with Crippen LogP contribution < -0.4 is 10.1 Å². The molecule has 0 spiro atoms. The first-order valence-corrected chi connectivity index (χ1v) is 11.8. The van der Waals surface area contributed by atoms with Gasteiger partial charge < -0.3 is 14.6 Å². The molecular weight excluding hydrogens is 465 g/mol. The van der Waals surface area contributed by atoms with Crippen LogP contribution in [0.5, 0.6) is 5.75 Å². The van der Waals surface area contributed by atoms with E-state index in [-0.39, 0.29) is 17.4 Å². The molecule has 0 saturated carbocycles. The van der Waals surface area contributed by atoms with Crippen molar-refractivity contribution < 1.29 is 22.7 Å². The number of halogens is 3. The van der Waals surface area contributed by atoms with Crippen LogP contribution in [0.4, 0.5) is 18.9 Å². The molecule has 34 heavy (non-hydrogen) atoms. The molecule has 6 nitrogen and oxygen atoms in total. The van der Waals surface area contributed by atoms with E-state index in [1.54, 1.807) is 19.1 Å². The topological polar surface area (TPSA) is 69.0 Å². The Labute approximate surface area is 200 Å². The van der Waals surface area contributed by atoms with E-state index in [9.17, 15) is 18.0 Å². The molecule has 2 aromatic carbocycles. The standard InChI is InChI=1S/C24H27F3N4O2S/c1-5-21(23(32)28-19-11-10-16(25)12-18(19)27)34-24-30-29-22(31(24)13-14(2)3)15(4)33-20-9-7-6-8-17(20)26/h6-12,14-15,21H,5,13H2,1-4H3,(H,28,32). The van der Waals surface area contributed by atoms with Crippen molar-refractivity contribution in [1.29, 1.82) is 0 Å². The zero-order valence-electron chi connectivity index (χ0n) is 19.4. The van der Waals surface area contributed by atoms with Crippen LogP contribution in [0.2, 0.25) is 0 Å². The third kappa shape index (κ3) is 6.31. The van der Waals surface area contributed by atoms with Crippen LogP contribution in [0, 0.1) is 23.4 Å². The van der Waals surface area contributed by atoms with Gasteiger partial charge in [-0.2, -0.15) is 0 Å². The van der Waals surface area contributed by atoms with E-state index in [1.807, 2.05) is 25.3 Å². The lowest BCUT2D eigenvalue weighted by atomic mass is 10.2. The highest BCUT2D eigenvalue weighted by molar-refractivity contribution is 8.00. The quantitative estimate of drug-likeness (QED) is 0.352. The number of aromatic nitrogens is 3. The number of hydrogen-bond acceptors (Lipinski definition) is 5. The largest absolute Gasteiger partial charge is 0.480 e. The molecular formula is C24H27F3N4O2S. The highest BCUT2D eigenvalue weighted by Gasteiger charge is 2.26. The summed E-state index contributed by atoms with van der Waals surface area (Å²) in [4.78, 5) is 12.8. The number of benzene rings is 2. The van der Waals surface area contributed by atoms with Crippen molar-refractivity contribution in [1.82, 2.24) is 14.8 Å². The maximum Gasteiger partial charge on any atom is 0.238 e. The SMILES string of the molecule is CCC(Sc1nnc(C(C)Oc2ccccc2F)n1CC(C)C)C(=O)Nc1ccc(F)cc1F. The van der Waals surface area contributed by atoms with Gasteiger partial charge in [-0.15, -0.1) is 10.2 Å². The van der Waals surface area contributed by atoms with Gasteiger partial charge >= 0.3 is 0 Å². The van der Waals surface area contributed by atoms with E-state index in [0.29, 0.717) is 30.0 Å². The summed E-state index contributed by atoms with van der Waals surface area (Å²) >= 11 is 1.19. The van der Waals surface area contributed by atoms with Crippen molar-refractivity contribution in [2.24, 2.45) is 5.92 Å².